The molecular weight excluding hydrogens is 296 g/mol. The van der Waals surface area contributed by atoms with Crippen molar-refractivity contribution in [1.29, 1.82) is 0 Å². The summed E-state index contributed by atoms with van der Waals surface area (Å²) in [6.45, 7) is 4.14. The molecule has 0 aliphatic carbocycles. The second kappa shape index (κ2) is 5.93. The summed E-state index contributed by atoms with van der Waals surface area (Å²) in [4.78, 5) is 7.76. The summed E-state index contributed by atoms with van der Waals surface area (Å²) >= 11 is 1.63. The molecule has 0 bridgehead atoms. The zero-order chi connectivity index (χ0) is 15.7. The van der Waals surface area contributed by atoms with Crippen molar-refractivity contribution in [2.45, 2.75) is 24.8 Å². The first kappa shape index (κ1) is 14.8. The second-order valence-electron chi connectivity index (χ2n) is 5.24. The monoisotopic (exact) mass is 314 g/mol. The van der Waals surface area contributed by atoms with E-state index < -0.39 is 0 Å². The largest absolute Gasteiger partial charge is 0.508 e. The fraction of sp³-hybridized carbons (Fsp3) is 0.235. The van der Waals surface area contributed by atoms with Crippen molar-refractivity contribution in [3.05, 3.63) is 47.0 Å². The summed E-state index contributed by atoms with van der Waals surface area (Å²) in [7, 11) is 1.71. The van der Waals surface area contributed by atoms with E-state index in [0.717, 1.165) is 33.3 Å². The Hall–Kier alpha value is -2.14. The minimum atomic E-state index is 0.240. The molecule has 0 aliphatic rings. The average Bonchev–Trinajstić information content (AvgIpc) is 2.89. The zero-order valence-electron chi connectivity index (χ0n) is 12.8. The predicted molar refractivity (Wildman–Crippen MR) is 89.8 cm³/mol. The van der Waals surface area contributed by atoms with Gasteiger partial charge in [-0.3, -0.25) is 0 Å². The molecule has 0 atom stereocenters. The van der Waals surface area contributed by atoms with Gasteiger partial charge in [-0.1, -0.05) is 23.9 Å². The number of H-pyrrole nitrogens is 1. The molecule has 0 saturated heterocycles. The van der Waals surface area contributed by atoms with Gasteiger partial charge in [0.2, 0.25) is 0 Å². The summed E-state index contributed by atoms with van der Waals surface area (Å²) in [5, 5.41) is 10.3. The van der Waals surface area contributed by atoms with Gasteiger partial charge in [0, 0.05) is 17.4 Å². The van der Waals surface area contributed by atoms with Crippen LogP contribution in [-0.4, -0.2) is 22.2 Å². The van der Waals surface area contributed by atoms with E-state index in [1.807, 2.05) is 6.07 Å². The molecule has 2 N–H and O–H groups in total. The van der Waals surface area contributed by atoms with E-state index in [-0.39, 0.29) is 5.75 Å². The van der Waals surface area contributed by atoms with Crippen molar-refractivity contribution in [3.63, 3.8) is 0 Å². The number of aromatic nitrogens is 2. The van der Waals surface area contributed by atoms with E-state index in [1.54, 1.807) is 31.0 Å². The van der Waals surface area contributed by atoms with E-state index >= 15 is 0 Å². The first-order valence-corrected chi connectivity index (χ1v) is 8.01. The Kier molecular flexibility index (Phi) is 3.98. The number of hydrogen-bond donors (Lipinski definition) is 2. The summed E-state index contributed by atoms with van der Waals surface area (Å²) in [6, 6.07) is 9.33. The number of imidazole rings is 1. The number of aromatic amines is 1. The highest BCUT2D eigenvalue weighted by Gasteiger charge is 2.11. The lowest BCUT2D eigenvalue weighted by atomic mass is 10.1. The highest BCUT2D eigenvalue weighted by Crippen LogP contribution is 2.32. The summed E-state index contributed by atoms with van der Waals surface area (Å²) in [6.07, 6.45) is 0. The molecule has 22 heavy (non-hydrogen) atoms. The van der Waals surface area contributed by atoms with Crippen LogP contribution < -0.4 is 4.74 Å². The third-order valence-corrected chi connectivity index (χ3v) is 4.59. The van der Waals surface area contributed by atoms with Crippen LogP contribution in [0.4, 0.5) is 0 Å². The number of aromatic hydroxyl groups is 1. The number of hydrogen-bond acceptors (Lipinski definition) is 4. The Morgan fingerprint density at radius 2 is 1.95 bits per heavy atom. The maximum absolute atomic E-state index is 9.51. The van der Waals surface area contributed by atoms with Gasteiger partial charge in [-0.05, 0) is 37.1 Å². The predicted octanol–water partition coefficient (Wildman–Crippen LogP) is 4.19. The maximum atomic E-state index is 9.51. The fourth-order valence-corrected chi connectivity index (χ4v) is 3.47. The SMILES string of the molecule is COc1c(C)ccc(C)c1CSc1nc2ccc(O)cc2[nH]1. The van der Waals surface area contributed by atoms with Gasteiger partial charge in [-0.15, -0.1) is 0 Å². The Morgan fingerprint density at radius 1 is 1.18 bits per heavy atom. The third kappa shape index (κ3) is 2.76. The zero-order valence-corrected chi connectivity index (χ0v) is 13.6. The molecule has 4 nitrogen and oxygen atoms in total. The van der Waals surface area contributed by atoms with Crippen LogP contribution in [0, 0.1) is 13.8 Å². The standard InChI is InChI=1S/C17H18N2O2S/c1-10-4-5-11(2)16(21-3)13(10)9-22-17-18-14-7-6-12(20)8-15(14)19-17/h4-8,20H,9H2,1-3H3,(H,18,19). The first-order valence-electron chi connectivity index (χ1n) is 7.03. The molecule has 0 aliphatic heterocycles. The Balaban J connectivity index is 1.86. The molecule has 5 heteroatoms. The number of methoxy groups -OCH3 is 1. The van der Waals surface area contributed by atoms with Gasteiger partial charge >= 0.3 is 0 Å². The Labute approximate surface area is 133 Å². The molecule has 0 fully saturated rings. The molecule has 1 heterocycles. The minimum Gasteiger partial charge on any atom is -0.508 e. The number of benzene rings is 2. The Bertz CT molecular complexity index is 827. The van der Waals surface area contributed by atoms with Crippen molar-refractivity contribution in [1.82, 2.24) is 9.97 Å². The maximum Gasteiger partial charge on any atom is 0.166 e. The van der Waals surface area contributed by atoms with Crippen LogP contribution in [0.5, 0.6) is 11.5 Å². The lowest BCUT2D eigenvalue weighted by Gasteiger charge is -2.13. The van der Waals surface area contributed by atoms with Crippen LogP contribution in [0.3, 0.4) is 0 Å². The molecule has 0 radical (unpaired) electrons. The normalized spacial score (nSPS) is 11.0. The Morgan fingerprint density at radius 3 is 2.73 bits per heavy atom. The molecule has 0 saturated carbocycles. The molecule has 2 aromatic carbocycles. The molecule has 114 valence electrons. The van der Waals surface area contributed by atoms with Crippen LogP contribution >= 0.6 is 11.8 Å². The van der Waals surface area contributed by atoms with Crippen molar-refractivity contribution >= 4 is 22.8 Å². The highest BCUT2D eigenvalue weighted by atomic mass is 32.2. The number of nitrogens with one attached hydrogen (secondary N) is 1. The van der Waals surface area contributed by atoms with Crippen molar-refractivity contribution < 1.29 is 9.84 Å². The van der Waals surface area contributed by atoms with Crippen LogP contribution in [-0.2, 0) is 5.75 Å². The average molecular weight is 314 g/mol. The minimum absolute atomic E-state index is 0.240. The lowest BCUT2D eigenvalue weighted by Crippen LogP contribution is -1.96. The number of fused-ring (bicyclic) bond motifs is 1. The van der Waals surface area contributed by atoms with E-state index in [0.29, 0.717) is 0 Å². The van der Waals surface area contributed by atoms with Gasteiger partial charge in [-0.25, -0.2) is 4.98 Å². The molecule has 0 amide bonds. The van der Waals surface area contributed by atoms with Gasteiger partial charge in [0.1, 0.15) is 11.5 Å². The molecule has 0 spiro atoms. The summed E-state index contributed by atoms with van der Waals surface area (Å²) < 4.78 is 5.54. The van der Waals surface area contributed by atoms with Crippen molar-refractivity contribution in [3.8, 4) is 11.5 Å². The summed E-state index contributed by atoms with van der Waals surface area (Å²) in [5.74, 6) is 1.97. The number of aryl methyl sites for hydroxylation is 2. The van der Waals surface area contributed by atoms with Crippen LogP contribution in [0.15, 0.2) is 35.5 Å². The summed E-state index contributed by atoms with van der Waals surface area (Å²) in [5.41, 5.74) is 5.24. The quantitative estimate of drug-likeness (QED) is 0.709. The number of rotatable bonds is 4. The van der Waals surface area contributed by atoms with E-state index in [9.17, 15) is 5.11 Å². The van der Waals surface area contributed by atoms with Gasteiger partial charge < -0.3 is 14.8 Å². The molecular formula is C17H18N2O2S. The topological polar surface area (TPSA) is 58.1 Å². The third-order valence-electron chi connectivity index (χ3n) is 3.69. The van der Waals surface area contributed by atoms with Crippen LogP contribution in [0.25, 0.3) is 11.0 Å². The molecule has 3 aromatic rings. The second-order valence-corrected chi connectivity index (χ2v) is 6.21. The first-order chi connectivity index (χ1) is 10.6. The van der Waals surface area contributed by atoms with Gasteiger partial charge in [0.15, 0.2) is 5.16 Å². The number of thioether (sulfide) groups is 1. The molecule has 1 aromatic heterocycles. The van der Waals surface area contributed by atoms with Crippen molar-refractivity contribution in [2.75, 3.05) is 7.11 Å². The lowest BCUT2D eigenvalue weighted by molar-refractivity contribution is 0.408. The number of phenolic OH excluding ortho intramolecular Hbond substituents is 1. The number of ether oxygens (including phenoxy) is 1. The van der Waals surface area contributed by atoms with E-state index in [1.165, 1.54) is 11.1 Å². The number of nitrogens with zero attached hydrogens (tertiary/aromatic N) is 1. The number of phenols is 1. The van der Waals surface area contributed by atoms with Crippen LogP contribution in [0.2, 0.25) is 0 Å². The highest BCUT2D eigenvalue weighted by molar-refractivity contribution is 7.98. The molecule has 0 unspecified atom stereocenters. The van der Waals surface area contributed by atoms with Gasteiger partial charge in [-0.2, -0.15) is 0 Å². The van der Waals surface area contributed by atoms with Gasteiger partial charge in [0.05, 0.1) is 18.1 Å². The van der Waals surface area contributed by atoms with Crippen LogP contribution in [0.1, 0.15) is 16.7 Å². The molecule has 3 rings (SSSR count). The van der Waals surface area contributed by atoms with Crippen molar-refractivity contribution in [2.24, 2.45) is 0 Å². The van der Waals surface area contributed by atoms with E-state index in [2.05, 4.69) is 35.9 Å². The smallest absolute Gasteiger partial charge is 0.166 e. The van der Waals surface area contributed by atoms with Gasteiger partial charge in [0.25, 0.3) is 0 Å². The fourth-order valence-electron chi connectivity index (χ4n) is 2.49. The van der Waals surface area contributed by atoms with E-state index in [4.69, 9.17) is 4.74 Å².